The highest BCUT2D eigenvalue weighted by Crippen LogP contribution is 2.27. The monoisotopic (exact) mass is 378 g/mol. The molecule has 1 amide bonds. The van der Waals surface area contributed by atoms with Crippen LogP contribution in [0.3, 0.4) is 0 Å². The zero-order chi connectivity index (χ0) is 20.3. The third-order valence-corrected chi connectivity index (χ3v) is 4.78. The number of likely N-dealkylation sites (tertiary alicyclic amines) is 1. The highest BCUT2D eigenvalue weighted by atomic mass is 16.5. The van der Waals surface area contributed by atoms with Gasteiger partial charge in [0, 0.05) is 12.1 Å². The van der Waals surface area contributed by atoms with Gasteiger partial charge in [-0.15, -0.1) is 0 Å². The third kappa shape index (κ3) is 3.72. The van der Waals surface area contributed by atoms with Crippen molar-refractivity contribution in [3.05, 3.63) is 40.6 Å². The summed E-state index contributed by atoms with van der Waals surface area (Å²) in [6.45, 7) is 3.16. The molecule has 0 aliphatic carbocycles. The average Bonchev–Trinajstić information content (AvgIpc) is 3.29. The molecule has 1 aromatic heterocycles. The van der Waals surface area contributed by atoms with E-state index in [0.717, 1.165) is 17.5 Å². The number of hydrogen-bond donors (Lipinski definition) is 2. The van der Waals surface area contributed by atoms with Gasteiger partial charge in [0.1, 0.15) is 17.1 Å². The molecule has 1 saturated heterocycles. The summed E-state index contributed by atoms with van der Waals surface area (Å²) < 4.78 is 6.87. The Labute approximate surface area is 163 Å². The standard InChI is InChI=1S/C20H22N6O2/c1-3-13-8-14(10-16(9-13)28-2)4-5-17-18(20(23)27)19(22)26(24-17)15-6-7-25(11-15)12-21/h8-10,15H,3,6-7,11,22H2,1-2H3,(H2,23,27)/t15-/m0/s1. The van der Waals surface area contributed by atoms with Crippen LogP contribution in [0, 0.1) is 23.3 Å². The zero-order valence-electron chi connectivity index (χ0n) is 15.9. The number of hydrogen-bond acceptors (Lipinski definition) is 6. The fourth-order valence-electron chi connectivity index (χ4n) is 3.27. The number of ether oxygens (including phenoxy) is 1. The molecule has 8 nitrogen and oxygen atoms in total. The van der Waals surface area contributed by atoms with Crippen molar-refractivity contribution < 1.29 is 9.53 Å². The predicted molar refractivity (Wildman–Crippen MR) is 104 cm³/mol. The summed E-state index contributed by atoms with van der Waals surface area (Å²) in [4.78, 5) is 13.6. The van der Waals surface area contributed by atoms with E-state index < -0.39 is 5.91 Å². The van der Waals surface area contributed by atoms with Crippen LogP contribution in [0.5, 0.6) is 5.75 Å². The molecule has 2 heterocycles. The summed E-state index contributed by atoms with van der Waals surface area (Å²) in [5.41, 5.74) is 13.8. The van der Waals surface area contributed by atoms with Crippen LogP contribution >= 0.6 is 0 Å². The number of amides is 1. The van der Waals surface area contributed by atoms with E-state index in [2.05, 4.69) is 23.1 Å². The quantitative estimate of drug-likeness (QED) is 0.610. The molecule has 4 N–H and O–H groups in total. The molecule has 144 valence electrons. The molecule has 0 unspecified atom stereocenters. The SMILES string of the molecule is CCc1cc(C#Cc2nn([C@H]3CCN(C#N)C3)c(N)c2C(N)=O)cc(OC)c1. The van der Waals surface area contributed by atoms with Crippen LogP contribution < -0.4 is 16.2 Å². The first-order valence-electron chi connectivity index (χ1n) is 8.99. The predicted octanol–water partition coefficient (Wildman–Crippen LogP) is 1.26. The molecule has 2 aromatic rings. The molecule has 28 heavy (non-hydrogen) atoms. The number of nitrogens with zero attached hydrogens (tertiary/aromatic N) is 4. The van der Waals surface area contributed by atoms with E-state index in [1.54, 1.807) is 16.7 Å². The van der Waals surface area contributed by atoms with Crippen molar-refractivity contribution in [1.82, 2.24) is 14.7 Å². The Kier molecular flexibility index (Phi) is 5.42. The average molecular weight is 378 g/mol. The molecule has 1 aliphatic heterocycles. The molecule has 0 saturated carbocycles. The van der Waals surface area contributed by atoms with Crippen molar-refractivity contribution in [2.75, 3.05) is 25.9 Å². The maximum Gasteiger partial charge on any atom is 0.255 e. The van der Waals surface area contributed by atoms with Gasteiger partial charge in [0.25, 0.3) is 5.91 Å². The van der Waals surface area contributed by atoms with Gasteiger partial charge in [0.2, 0.25) is 0 Å². The molecule has 3 rings (SSSR count). The summed E-state index contributed by atoms with van der Waals surface area (Å²) in [7, 11) is 1.60. The first kappa shape index (κ1) is 19.1. The Morgan fingerprint density at radius 2 is 2.18 bits per heavy atom. The van der Waals surface area contributed by atoms with Crippen molar-refractivity contribution in [1.29, 1.82) is 5.26 Å². The van der Waals surface area contributed by atoms with Gasteiger partial charge < -0.3 is 21.1 Å². The number of benzene rings is 1. The van der Waals surface area contributed by atoms with E-state index in [1.807, 2.05) is 25.1 Å². The Balaban J connectivity index is 2.00. The highest BCUT2D eigenvalue weighted by molar-refractivity contribution is 5.99. The van der Waals surface area contributed by atoms with Gasteiger partial charge in [0.15, 0.2) is 11.9 Å². The number of nitrogens with two attached hydrogens (primary N) is 2. The molecule has 0 spiro atoms. The largest absolute Gasteiger partial charge is 0.497 e. The van der Waals surface area contributed by atoms with Crippen LogP contribution in [0.2, 0.25) is 0 Å². The van der Waals surface area contributed by atoms with Crippen molar-refractivity contribution in [2.45, 2.75) is 25.8 Å². The number of nitriles is 1. The van der Waals surface area contributed by atoms with Crippen molar-refractivity contribution >= 4 is 11.7 Å². The molecule has 0 radical (unpaired) electrons. The van der Waals surface area contributed by atoms with Crippen LogP contribution in [0.15, 0.2) is 18.2 Å². The topological polar surface area (TPSA) is 123 Å². The second kappa shape index (κ2) is 7.93. The van der Waals surface area contributed by atoms with E-state index in [-0.39, 0.29) is 23.1 Å². The zero-order valence-corrected chi connectivity index (χ0v) is 15.9. The molecule has 1 atom stereocenters. The third-order valence-electron chi connectivity index (χ3n) is 4.78. The van der Waals surface area contributed by atoms with Crippen LogP contribution in [-0.4, -0.2) is 40.8 Å². The maximum atomic E-state index is 11.9. The van der Waals surface area contributed by atoms with E-state index in [4.69, 9.17) is 21.5 Å². The van der Waals surface area contributed by atoms with Gasteiger partial charge in [-0.25, -0.2) is 4.68 Å². The lowest BCUT2D eigenvalue weighted by molar-refractivity contribution is 0.100. The van der Waals surface area contributed by atoms with Crippen LogP contribution in [0.4, 0.5) is 5.82 Å². The summed E-state index contributed by atoms with van der Waals surface area (Å²) in [6.07, 6.45) is 3.67. The molecule has 8 heteroatoms. The normalized spacial score (nSPS) is 15.6. The number of anilines is 1. The van der Waals surface area contributed by atoms with Gasteiger partial charge in [-0.2, -0.15) is 10.4 Å². The molecule has 1 aromatic carbocycles. The van der Waals surface area contributed by atoms with Gasteiger partial charge in [-0.3, -0.25) is 4.79 Å². The van der Waals surface area contributed by atoms with E-state index in [9.17, 15) is 4.79 Å². The first-order valence-corrected chi connectivity index (χ1v) is 8.99. The molecule has 1 fully saturated rings. The van der Waals surface area contributed by atoms with Gasteiger partial charge >= 0.3 is 0 Å². The Morgan fingerprint density at radius 1 is 1.39 bits per heavy atom. The lowest BCUT2D eigenvalue weighted by Gasteiger charge is -2.11. The lowest BCUT2D eigenvalue weighted by atomic mass is 10.1. The van der Waals surface area contributed by atoms with E-state index >= 15 is 0 Å². The molecular weight excluding hydrogens is 356 g/mol. The van der Waals surface area contributed by atoms with Gasteiger partial charge in [-0.05, 0) is 42.5 Å². The Morgan fingerprint density at radius 3 is 2.79 bits per heavy atom. The molecular formula is C20H22N6O2. The Bertz CT molecular complexity index is 986. The van der Waals surface area contributed by atoms with Crippen LogP contribution in [0.25, 0.3) is 0 Å². The summed E-state index contributed by atoms with van der Waals surface area (Å²) in [5, 5.41) is 13.5. The van der Waals surface area contributed by atoms with E-state index in [0.29, 0.717) is 25.3 Å². The summed E-state index contributed by atoms with van der Waals surface area (Å²) in [6, 6.07) is 5.63. The second-order valence-electron chi connectivity index (χ2n) is 6.58. The number of carbonyl (C=O) groups is 1. The van der Waals surface area contributed by atoms with Crippen molar-refractivity contribution in [3.63, 3.8) is 0 Å². The number of rotatable bonds is 4. The number of carbonyl (C=O) groups excluding carboxylic acids is 1. The number of nitrogen functional groups attached to an aromatic ring is 1. The minimum atomic E-state index is -0.678. The highest BCUT2D eigenvalue weighted by Gasteiger charge is 2.29. The molecule has 0 bridgehead atoms. The molecule has 1 aliphatic rings. The maximum absolute atomic E-state index is 11.9. The van der Waals surface area contributed by atoms with Crippen molar-refractivity contribution in [3.8, 4) is 23.8 Å². The van der Waals surface area contributed by atoms with Crippen LogP contribution in [0.1, 0.15) is 46.6 Å². The van der Waals surface area contributed by atoms with Gasteiger partial charge in [-0.1, -0.05) is 12.8 Å². The minimum absolute atomic E-state index is 0.100. The summed E-state index contributed by atoms with van der Waals surface area (Å²) >= 11 is 0. The summed E-state index contributed by atoms with van der Waals surface area (Å²) in [5.74, 6) is 6.17. The fourth-order valence-corrected chi connectivity index (χ4v) is 3.27. The number of aromatic nitrogens is 2. The van der Waals surface area contributed by atoms with E-state index in [1.165, 1.54) is 0 Å². The Hall–Kier alpha value is -3.65. The number of primary amides is 1. The number of aryl methyl sites for hydroxylation is 1. The van der Waals surface area contributed by atoms with Crippen molar-refractivity contribution in [2.24, 2.45) is 5.73 Å². The smallest absolute Gasteiger partial charge is 0.255 e. The lowest BCUT2D eigenvalue weighted by Crippen LogP contribution is -2.19. The van der Waals surface area contributed by atoms with Crippen LogP contribution in [-0.2, 0) is 6.42 Å². The second-order valence-corrected chi connectivity index (χ2v) is 6.58. The fraction of sp³-hybridized carbons (Fsp3) is 0.350. The minimum Gasteiger partial charge on any atom is -0.497 e. The number of methoxy groups -OCH3 is 1. The van der Waals surface area contributed by atoms with Gasteiger partial charge in [0.05, 0.1) is 19.7 Å². The first-order chi connectivity index (χ1) is 13.5.